The van der Waals surface area contributed by atoms with Gasteiger partial charge in [-0.3, -0.25) is 0 Å². The molecule has 1 atom stereocenters. The first kappa shape index (κ1) is 20.9. The Morgan fingerprint density at radius 2 is 1.78 bits per heavy atom. The molecule has 0 aliphatic heterocycles. The largest absolute Gasteiger partial charge is 0.480 e. The fourth-order valence-corrected chi connectivity index (χ4v) is 1.80. The van der Waals surface area contributed by atoms with Crippen LogP contribution in [0, 0.1) is 10.1 Å². The second kappa shape index (κ2) is 13.6. The molecule has 0 bridgehead atoms. The van der Waals surface area contributed by atoms with Crippen molar-refractivity contribution in [3.63, 3.8) is 0 Å². The number of hydrogen-bond acceptors (Lipinski definition) is 7. The number of rotatable bonds is 14. The number of amides is 1. The minimum absolute atomic E-state index is 0.0530. The van der Waals surface area contributed by atoms with Crippen LogP contribution in [-0.4, -0.2) is 48.1 Å². The van der Waals surface area contributed by atoms with Crippen LogP contribution in [-0.2, 0) is 14.4 Å². The Balaban J connectivity index is 3.67. The van der Waals surface area contributed by atoms with E-state index in [1.807, 2.05) is 0 Å². The quantitative estimate of drug-likeness (QED) is 0.242. The van der Waals surface area contributed by atoms with Crippen molar-refractivity contribution in [1.29, 1.82) is 0 Å². The third kappa shape index (κ3) is 13.3. The molecule has 0 aliphatic carbocycles. The van der Waals surface area contributed by atoms with Crippen molar-refractivity contribution in [3.05, 3.63) is 10.1 Å². The Morgan fingerprint density at radius 1 is 1.13 bits per heavy atom. The van der Waals surface area contributed by atoms with E-state index in [9.17, 15) is 19.7 Å². The molecule has 0 aromatic rings. The van der Waals surface area contributed by atoms with Crippen LogP contribution < -0.4 is 11.1 Å². The number of ether oxygens (including phenoxy) is 1. The summed E-state index contributed by atoms with van der Waals surface area (Å²) in [5.74, 6) is -1.11. The maximum Gasteiger partial charge on any atom is 0.407 e. The van der Waals surface area contributed by atoms with Gasteiger partial charge >= 0.3 is 12.1 Å². The van der Waals surface area contributed by atoms with Gasteiger partial charge in [0.05, 0.1) is 13.2 Å². The lowest BCUT2D eigenvalue weighted by molar-refractivity contribution is -0.757. The van der Waals surface area contributed by atoms with Gasteiger partial charge in [0.15, 0.2) is 0 Å². The molecule has 0 rings (SSSR count). The fraction of sp³-hybridized carbons (Fsp3) is 0.846. The van der Waals surface area contributed by atoms with Crippen LogP contribution >= 0.6 is 0 Å². The molecule has 0 saturated heterocycles. The molecule has 0 aliphatic rings. The molecule has 134 valence electrons. The Labute approximate surface area is 134 Å². The van der Waals surface area contributed by atoms with Crippen LogP contribution in [0.3, 0.4) is 0 Å². The molecule has 0 heterocycles. The van der Waals surface area contributed by atoms with Crippen LogP contribution in [0.25, 0.3) is 0 Å². The van der Waals surface area contributed by atoms with Gasteiger partial charge in [0, 0.05) is 0 Å². The summed E-state index contributed by atoms with van der Waals surface area (Å²) in [6.45, 7) is 0.692. The molecule has 0 fully saturated rings. The zero-order chi connectivity index (χ0) is 17.5. The normalized spacial score (nSPS) is 11.5. The number of carbonyl (C=O) groups excluding carboxylic acids is 1. The maximum absolute atomic E-state index is 11.5. The van der Waals surface area contributed by atoms with E-state index in [2.05, 4.69) is 10.2 Å². The highest BCUT2D eigenvalue weighted by Gasteiger charge is 2.19. The summed E-state index contributed by atoms with van der Waals surface area (Å²) >= 11 is 0. The Bertz CT molecular complexity index is 365. The maximum atomic E-state index is 11.5. The molecule has 10 nitrogen and oxygen atoms in total. The third-order valence-corrected chi connectivity index (χ3v) is 3.01. The van der Waals surface area contributed by atoms with Crippen molar-refractivity contribution < 1.29 is 29.4 Å². The van der Waals surface area contributed by atoms with Crippen molar-refractivity contribution in [2.45, 2.75) is 51.0 Å². The molecule has 23 heavy (non-hydrogen) atoms. The molecule has 10 heteroatoms. The highest BCUT2D eigenvalue weighted by Crippen LogP contribution is 2.03. The van der Waals surface area contributed by atoms with E-state index in [0.29, 0.717) is 38.6 Å². The summed E-state index contributed by atoms with van der Waals surface area (Å²) in [6, 6.07) is -0.978. The van der Waals surface area contributed by atoms with Gasteiger partial charge in [-0.2, -0.15) is 0 Å². The number of carboxylic acid groups (broad SMARTS) is 1. The molecule has 4 N–H and O–H groups in total. The first-order chi connectivity index (χ1) is 11.0. The number of nitrogens with zero attached hydrogens (tertiary/aromatic N) is 1. The fourth-order valence-electron chi connectivity index (χ4n) is 1.80. The van der Waals surface area contributed by atoms with Crippen LogP contribution in [0.2, 0.25) is 0 Å². The number of nitrogens with one attached hydrogen (secondary N) is 1. The smallest absolute Gasteiger partial charge is 0.407 e. The Morgan fingerprint density at radius 3 is 2.35 bits per heavy atom. The first-order valence-corrected chi connectivity index (χ1v) is 7.60. The SMILES string of the molecule is NCCCCC(NC(=O)OCCCCCCO[N+](=O)[O-])C(=O)O. The van der Waals surface area contributed by atoms with Crippen molar-refractivity contribution in [1.82, 2.24) is 5.32 Å². The highest BCUT2D eigenvalue weighted by atomic mass is 16.9. The predicted molar refractivity (Wildman–Crippen MR) is 80.2 cm³/mol. The lowest BCUT2D eigenvalue weighted by atomic mass is 10.1. The molecule has 1 amide bonds. The molecular weight excluding hydrogens is 310 g/mol. The summed E-state index contributed by atoms with van der Waals surface area (Å²) in [4.78, 5) is 36.5. The van der Waals surface area contributed by atoms with Crippen LogP contribution in [0.1, 0.15) is 44.9 Å². The minimum atomic E-state index is -1.11. The number of carboxylic acids is 1. The van der Waals surface area contributed by atoms with E-state index < -0.39 is 23.2 Å². The topological polar surface area (TPSA) is 154 Å². The summed E-state index contributed by atoms with van der Waals surface area (Å²) in [7, 11) is 0. The number of hydrogen-bond donors (Lipinski definition) is 3. The van der Waals surface area contributed by atoms with Crippen molar-refractivity contribution in [2.75, 3.05) is 19.8 Å². The summed E-state index contributed by atoms with van der Waals surface area (Å²) in [6.07, 6.45) is 3.44. The lowest BCUT2D eigenvalue weighted by Gasteiger charge is -2.14. The van der Waals surface area contributed by atoms with Crippen molar-refractivity contribution in [3.8, 4) is 0 Å². The first-order valence-electron chi connectivity index (χ1n) is 7.60. The number of carbonyl (C=O) groups is 2. The second-order valence-electron chi connectivity index (χ2n) is 4.93. The monoisotopic (exact) mass is 335 g/mol. The molecule has 0 saturated carbocycles. The van der Waals surface area contributed by atoms with Crippen molar-refractivity contribution >= 4 is 12.1 Å². The number of alkyl carbamates (subject to hydrolysis) is 1. The molecule has 0 aromatic heterocycles. The zero-order valence-electron chi connectivity index (χ0n) is 13.1. The molecule has 0 aromatic carbocycles. The lowest BCUT2D eigenvalue weighted by Crippen LogP contribution is -2.41. The van der Waals surface area contributed by atoms with Gasteiger partial charge in [-0.15, -0.1) is 10.1 Å². The van der Waals surface area contributed by atoms with Gasteiger partial charge in [-0.25, -0.2) is 9.59 Å². The molecule has 1 unspecified atom stereocenters. The van der Waals surface area contributed by atoms with Crippen LogP contribution in [0.15, 0.2) is 0 Å². The van der Waals surface area contributed by atoms with Gasteiger partial charge in [-0.05, 0) is 45.1 Å². The summed E-state index contributed by atoms with van der Waals surface area (Å²) in [5.41, 5.74) is 5.33. The van der Waals surface area contributed by atoms with Crippen molar-refractivity contribution in [2.24, 2.45) is 5.73 Å². The molecule has 0 radical (unpaired) electrons. The van der Waals surface area contributed by atoms with E-state index in [4.69, 9.17) is 15.6 Å². The third-order valence-electron chi connectivity index (χ3n) is 3.01. The Hall–Kier alpha value is -2.10. The number of nitrogens with two attached hydrogens (primary N) is 1. The minimum Gasteiger partial charge on any atom is -0.480 e. The number of unbranched alkanes of at least 4 members (excludes halogenated alkanes) is 4. The van der Waals surface area contributed by atoms with Crippen LogP contribution in [0.4, 0.5) is 4.79 Å². The van der Waals surface area contributed by atoms with E-state index >= 15 is 0 Å². The highest BCUT2D eigenvalue weighted by molar-refractivity contribution is 5.79. The second-order valence-corrected chi connectivity index (χ2v) is 4.93. The average molecular weight is 335 g/mol. The van der Waals surface area contributed by atoms with Gasteiger partial charge in [0.25, 0.3) is 5.09 Å². The molecule has 0 spiro atoms. The van der Waals surface area contributed by atoms with E-state index in [1.165, 1.54) is 0 Å². The molecular formula is C13H25N3O7. The zero-order valence-corrected chi connectivity index (χ0v) is 13.1. The van der Waals surface area contributed by atoms with Crippen LogP contribution in [0.5, 0.6) is 0 Å². The van der Waals surface area contributed by atoms with E-state index in [1.54, 1.807) is 0 Å². The van der Waals surface area contributed by atoms with Gasteiger partial charge < -0.3 is 25.7 Å². The van der Waals surface area contributed by atoms with E-state index in [0.717, 1.165) is 12.8 Å². The van der Waals surface area contributed by atoms with E-state index in [-0.39, 0.29) is 13.2 Å². The van der Waals surface area contributed by atoms with Gasteiger partial charge in [0.1, 0.15) is 6.04 Å². The standard InChI is InChI=1S/C13H25N3O7/c14-8-4-3-7-11(12(17)18)15-13(19)22-9-5-1-2-6-10-23-16(20)21/h11H,1-10,14H2,(H,15,19)(H,17,18). The predicted octanol–water partition coefficient (Wildman–Crippen LogP) is 1.06. The van der Waals surface area contributed by atoms with Gasteiger partial charge in [-0.1, -0.05) is 6.42 Å². The summed E-state index contributed by atoms with van der Waals surface area (Å²) in [5, 5.41) is 20.4. The average Bonchev–Trinajstić information content (AvgIpc) is 2.48. The Kier molecular flexibility index (Phi) is 12.3. The summed E-state index contributed by atoms with van der Waals surface area (Å²) < 4.78 is 4.90. The number of aliphatic carboxylic acids is 1. The van der Waals surface area contributed by atoms with Gasteiger partial charge in [0.2, 0.25) is 0 Å².